The molecule has 0 saturated carbocycles. The third-order valence-electron chi connectivity index (χ3n) is 1.11. The van der Waals surface area contributed by atoms with E-state index in [1.807, 2.05) is 0 Å². The SMILES string of the molecule is CC(C)[CH2][Sn+2][CH2]C(C)C.C[O-].C[O-]. The monoisotopic (exact) mass is 296 g/mol. The van der Waals surface area contributed by atoms with Gasteiger partial charge in [0.25, 0.3) is 0 Å². The van der Waals surface area contributed by atoms with Gasteiger partial charge in [0.15, 0.2) is 0 Å². The van der Waals surface area contributed by atoms with Crippen LogP contribution in [-0.4, -0.2) is 35.4 Å². The van der Waals surface area contributed by atoms with Crippen LogP contribution in [0.3, 0.4) is 0 Å². The Bertz CT molecular complexity index is 57.9. The van der Waals surface area contributed by atoms with Crippen LogP contribution in [0.4, 0.5) is 0 Å². The van der Waals surface area contributed by atoms with E-state index in [0.717, 1.165) is 26.1 Å². The van der Waals surface area contributed by atoms with E-state index in [1.54, 1.807) is 8.87 Å². The van der Waals surface area contributed by atoms with Crippen molar-refractivity contribution in [2.45, 2.75) is 36.6 Å². The first-order valence-electron chi connectivity index (χ1n) is 4.65. The molecule has 0 heterocycles. The van der Waals surface area contributed by atoms with Crippen molar-refractivity contribution in [2.24, 2.45) is 11.8 Å². The summed E-state index contributed by atoms with van der Waals surface area (Å²) in [5, 5.41) is 16.5. The number of hydrogen-bond acceptors (Lipinski definition) is 2. The molecule has 0 amide bonds. The molecule has 0 bridgehead atoms. The fourth-order valence-corrected chi connectivity index (χ4v) is 4.43. The first-order valence-corrected chi connectivity index (χ1v) is 8.69. The van der Waals surface area contributed by atoms with E-state index in [4.69, 9.17) is 10.2 Å². The van der Waals surface area contributed by atoms with Crippen LogP contribution in [0.1, 0.15) is 27.7 Å². The van der Waals surface area contributed by atoms with E-state index in [-0.39, 0.29) is 21.1 Å². The second-order valence-electron chi connectivity index (χ2n) is 3.45. The molecule has 0 spiro atoms. The average molecular weight is 295 g/mol. The zero-order valence-electron chi connectivity index (χ0n) is 9.89. The van der Waals surface area contributed by atoms with Crippen molar-refractivity contribution in [3.8, 4) is 0 Å². The van der Waals surface area contributed by atoms with Crippen molar-refractivity contribution in [3.05, 3.63) is 0 Å². The minimum Gasteiger partial charge on any atom is -0.857 e. The Hall–Kier alpha value is 0.719. The standard InChI is InChI=1S/2C4H9.2CH3O.Sn/c2*1-4(2)3;2*1-2;/h2*4H,1H2,2-3H3;2*1H3;/q;;2*-1;+2. The maximum atomic E-state index is 8.25. The summed E-state index contributed by atoms with van der Waals surface area (Å²) in [6.45, 7) is 9.34. The van der Waals surface area contributed by atoms with E-state index >= 15 is 0 Å². The van der Waals surface area contributed by atoms with Crippen molar-refractivity contribution in [1.82, 2.24) is 0 Å². The predicted molar refractivity (Wildman–Crippen MR) is 56.9 cm³/mol. The molecule has 0 aromatic heterocycles. The fourth-order valence-electron chi connectivity index (χ4n) is 0.661. The molecule has 80 valence electrons. The Labute approximate surface area is 94.0 Å². The van der Waals surface area contributed by atoms with Crippen LogP contribution in [-0.2, 0) is 0 Å². The second kappa shape index (κ2) is 18.5. The van der Waals surface area contributed by atoms with Crippen molar-refractivity contribution in [1.29, 1.82) is 0 Å². The minimum atomic E-state index is 0.0709. The molecule has 0 radical (unpaired) electrons. The second-order valence-corrected chi connectivity index (χ2v) is 7.20. The van der Waals surface area contributed by atoms with Gasteiger partial charge < -0.3 is 10.2 Å². The normalized spacial score (nSPS) is 8.15. The smallest absolute Gasteiger partial charge is 0.153 e. The zero-order valence-corrected chi connectivity index (χ0v) is 12.7. The maximum Gasteiger partial charge on any atom is -0.153 e. The molecule has 3 heteroatoms. The van der Waals surface area contributed by atoms with E-state index < -0.39 is 0 Å². The van der Waals surface area contributed by atoms with Gasteiger partial charge in [-0.3, -0.25) is 0 Å². The molecule has 0 aliphatic carbocycles. The van der Waals surface area contributed by atoms with Gasteiger partial charge in [0.2, 0.25) is 0 Å². The van der Waals surface area contributed by atoms with Gasteiger partial charge >= 0.3 is 69.5 Å². The van der Waals surface area contributed by atoms with Gasteiger partial charge in [-0.15, -0.1) is 0 Å². The summed E-state index contributed by atoms with van der Waals surface area (Å²) in [5.74, 6) is 1.94. The molecular formula is C10H24O2Sn. The summed E-state index contributed by atoms with van der Waals surface area (Å²) in [6.07, 6.45) is 0. The number of rotatable bonds is 4. The minimum absolute atomic E-state index is 0.0709. The average Bonchev–Trinajstić information content (AvgIpc) is 2.10. The molecule has 13 heavy (non-hydrogen) atoms. The number of hydrogen-bond donors (Lipinski definition) is 0. The topological polar surface area (TPSA) is 46.1 Å². The molecule has 0 aromatic carbocycles. The Balaban J connectivity index is -0.000000218. The Morgan fingerprint density at radius 1 is 0.769 bits per heavy atom. The van der Waals surface area contributed by atoms with Gasteiger partial charge in [0.1, 0.15) is 0 Å². The van der Waals surface area contributed by atoms with Gasteiger partial charge in [-0.2, -0.15) is 14.2 Å². The van der Waals surface area contributed by atoms with Crippen molar-refractivity contribution >= 4 is 21.1 Å². The molecule has 0 saturated heterocycles. The molecule has 0 fully saturated rings. The summed E-state index contributed by atoms with van der Waals surface area (Å²) in [6, 6.07) is 0. The fraction of sp³-hybridized carbons (Fsp3) is 1.00. The predicted octanol–water partition coefficient (Wildman–Crippen LogP) is 0.792. The molecule has 0 N–H and O–H groups in total. The first-order chi connectivity index (χ1) is 6.13. The Morgan fingerprint density at radius 2 is 1.00 bits per heavy atom. The van der Waals surface area contributed by atoms with E-state index in [9.17, 15) is 0 Å². The molecule has 0 aliphatic rings. The van der Waals surface area contributed by atoms with Crippen LogP contribution < -0.4 is 10.2 Å². The van der Waals surface area contributed by atoms with Crippen LogP contribution in [0.2, 0.25) is 8.87 Å². The molecule has 0 unspecified atom stereocenters. The third kappa shape index (κ3) is 32.4. The van der Waals surface area contributed by atoms with Gasteiger partial charge in [-0.25, -0.2) is 0 Å². The van der Waals surface area contributed by atoms with Crippen LogP contribution >= 0.6 is 0 Å². The molecule has 0 aliphatic heterocycles. The van der Waals surface area contributed by atoms with Crippen LogP contribution in [0, 0.1) is 11.8 Å². The summed E-state index contributed by atoms with van der Waals surface area (Å²) in [7, 11) is 1.50. The van der Waals surface area contributed by atoms with Gasteiger partial charge in [-0.05, 0) is 0 Å². The third-order valence-corrected chi connectivity index (χ3v) is 7.41. The molecule has 0 rings (SSSR count). The molecular weight excluding hydrogens is 271 g/mol. The van der Waals surface area contributed by atoms with Crippen molar-refractivity contribution < 1.29 is 10.2 Å². The van der Waals surface area contributed by atoms with Crippen molar-refractivity contribution in [2.75, 3.05) is 14.2 Å². The van der Waals surface area contributed by atoms with Crippen LogP contribution in [0.5, 0.6) is 0 Å². The summed E-state index contributed by atoms with van der Waals surface area (Å²) in [5.41, 5.74) is 0. The Morgan fingerprint density at radius 3 is 1.15 bits per heavy atom. The summed E-state index contributed by atoms with van der Waals surface area (Å²) in [4.78, 5) is 0. The zero-order chi connectivity index (χ0) is 11.3. The largest absolute Gasteiger partial charge is 0.857 e. The molecule has 0 aromatic rings. The summed E-state index contributed by atoms with van der Waals surface area (Å²) < 4.78 is 3.14. The maximum absolute atomic E-state index is 8.25. The Kier molecular flexibility index (Phi) is 27.5. The van der Waals surface area contributed by atoms with Gasteiger partial charge in [0, 0.05) is 0 Å². The van der Waals surface area contributed by atoms with E-state index in [1.165, 1.54) is 0 Å². The van der Waals surface area contributed by atoms with Gasteiger partial charge in [-0.1, -0.05) is 0 Å². The van der Waals surface area contributed by atoms with Crippen LogP contribution in [0.15, 0.2) is 0 Å². The quantitative estimate of drug-likeness (QED) is 0.720. The first kappa shape index (κ1) is 19.3. The van der Waals surface area contributed by atoms with Gasteiger partial charge in [0.05, 0.1) is 0 Å². The van der Waals surface area contributed by atoms with E-state index in [0.29, 0.717) is 0 Å². The van der Waals surface area contributed by atoms with Crippen LogP contribution in [0.25, 0.3) is 0 Å². The molecule has 2 nitrogen and oxygen atoms in total. The molecule has 0 atom stereocenters. The van der Waals surface area contributed by atoms with E-state index in [2.05, 4.69) is 27.7 Å². The summed E-state index contributed by atoms with van der Waals surface area (Å²) >= 11 is 0.0709. The van der Waals surface area contributed by atoms with Crippen molar-refractivity contribution in [3.63, 3.8) is 0 Å².